The van der Waals surface area contributed by atoms with Crippen molar-refractivity contribution in [1.82, 2.24) is 10.3 Å². The third kappa shape index (κ3) is 3.51. The molecule has 4 heteroatoms. The van der Waals surface area contributed by atoms with E-state index in [2.05, 4.69) is 48.4 Å². The van der Waals surface area contributed by atoms with Crippen molar-refractivity contribution in [3.8, 4) is 11.3 Å². The van der Waals surface area contributed by atoms with Crippen LogP contribution in [0.4, 0.5) is 0 Å². The molecule has 1 aromatic heterocycles. The highest BCUT2D eigenvalue weighted by Crippen LogP contribution is 2.32. The van der Waals surface area contributed by atoms with Crippen LogP contribution in [0.5, 0.6) is 0 Å². The van der Waals surface area contributed by atoms with Gasteiger partial charge in [0.25, 0.3) is 0 Å². The predicted molar refractivity (Wildman–Crippen MR) is 106 cm³/mol. The number of carbonyl (C=O) groups excluding carboxylic acids is 1. The summed E-state index contributed by atoms with van der Waals surface area (Å²) in [5.41, 5.74) is 6.87. The second kappa shape index (κ2) is 7.75. The zero-order valence-corrected chi connectivity index (χ0v) is 15.8. The van der Waals surface area contributed by atoms with Crippen LogP contribution in [0.2, 0.25) is 0 Å². The molecule has 0 saturated carbocycles. The molecule has 1 atom stereocenters. The van der Waals surface area contributed by atoms with Gasteiger partial charge in [0.2, 0.25) is 5.91 Å². The van der Waals surface area contributed by atoms with Crippen LogP contribution in [-0.2, 0) is 16.1 Å². The van der Waals surface area contributed by atoms with Crippen LogP contribution in [0.25, 0.3) is 22.2 Å². The van der Waals surface area contributed by atoms with Gasteiger partial charge in [0, 0.05) is 24.7 Å². The van der Waals surface area contributed by atoms with Crippen molar-refractivity contribution in [3.63, 3.8) is 0 Å². The SMILES string of the molecule is CC[C@H](OC)C(=O)NCc1cc(C)cc2c(C)c(-c3ccccc3)[nH]c12. The van der Waals surface area contributed by atoms with E-state index in [0.717, 1.165) is 16.8 Å². The van der Waals surface area contributed by atoms with E-state index in [0.29, 0.717) is 13.0 Å². The smallest absolute Gasteiger partial charge is 0.249 e. The minimum atomic E-state index is -0.402. The first-order valence-corrected chi connectivity index (χ1v) is 9.02. The van der Waals surface area contributed by atoms with Crippen molar-refractivity contribution in [2.24, 2.45) is 0 Å². The normalized spacial score (nSPS) is 12.3. The molecule has 0 aliphatic carbocycles. The predicted octanol–water partition coefficient (Wildman–Crippen LogP) is 4.49. The summed E-state index contributed by atoms with van der Waals surface area (Å²) in [5.74, 6) is -0.0729. The average molecular weight is 350 g/mol. The molecular formula is C22H26N2O2. The number of aryl methyl sites for hydroxylation is 2. The summed E-state index contributed by atoms with van der Waals surface area (Å²) in [5, 5.41) is 4.21. The van der Waals surface area contributed by atoms with Crippen LogP contribution in [-0.4, -0.2) is 24.1 Å². The highest BCUT2D eigenvalue weighted by atomic mass is 16.5. The third-order valence-electron chi connectivity index (χ3n) is 4.86. The Hall–Kier alpha value is -2.59. The highest BCUT2D eigenvalue weighted by Gasteiger charge is 2.17. The molecule has 0 aliphatic heterocycles. The Kier molecular flexibility index (Phi) is 5.43. The fourth-order valence-corrected chi connectivity index (χ4v) is 3.45. The topological polar surface area (TPSA) is 54.1 Å². The van der Waals surface area contributed by atoms with Gasteiger partial charge in [-0.05, 0) is 43.0 Å². The van der Waals surface area contributed by atoms with E-state index in [1.165, 1.54) is 22.1 Å². The highest BCUT2D eigenvalue weighted by molar-refractivity contribution is 5.93. The molecule has 0 bridgehead atoms. The minimum absolute atomic E-state index is 0.0729. The van der Waals surface area contributed by atoms with Crippen LogP contribution < -0.4 is 5.32 Å². The van der Waals surface area contributed by atoms with Gasteiger partial charge in [-0.15, -0.1) is 0 Å². The van der Waals surface area contributed by atoms with Crippen molar-refractivity contribution < 1.29 is 9.53 Å². The van der Waals surface area contributed by atoms with E-state index >= 15 is 0 Å². The lowest BCUT2D eigenvalue weighted by Gasteiger charge is -2.14. The van der Waals surface area contributed by atoms with Gasteiger partial charge in [-0.3, -0.25) is 4.79 Å². The van der Waals surface area contributed by atoms with Gasteiger partial charge in [-0.1, -0.05) is 48.9 Å². The average Bonchev–Trinajstić information content (AvgIpc) is 2.98. The lowest BCUT2D eigenvalue weighted by Crippen LogP contribution is -2.35. The molecular weight excluding hydrogens is 324 g/mol. The van der Waals surface area contributed by atoms with Gasteiger partial charge in [0.1, 0.15) is 6.10 Å². The van der Waals surface area contributed by atoms with Gasteiger partial charge in [0.05, 0.1) is 5.52 Å². The van der Waals surface area contributed by atoms with Gasteiger partial charge < -0.3 is 15.0 Å². The Morgan fingerprint density at radius 2 is 1.92 bits per heavy atom. The number of hydrogen-bond acceptors (Lipinski definition) is 2. The number of fused-ring (bicyclic) bond motifs is 1. The Morgan fingerprint density at radius 1 is 1.19 bits per heavy atom. The number of benzene rings is 2. The van der Waals surface area contributed by atoms with E-state index in [1.807, 2.05) is 25.1 Å². The van der Waals surface area contributed by atoms with E-state index in [9.17, 15) is 4.79 Å². The molecule has 2 aromatic carbocycles. The number of H-pyrrole nitrogens is 1. The van der Waals surface area contributed by atoms with E-state index in [4.69, 9.17) is 4.74 Å². The van der Waals surface area contributed by atoms with Crippen LogP contribution >= 0.6 is 0 Å². The molecule has 4 nitrogen and oxygen atoms in total. The van der Waals surface area contributed by atoms with Crippen molar-refractivity contribution in [2.75, 3.05) is 7.11 Å². The number of rotatable bonds is 6. The fourth-order valence-electron chi connectivity index (χ4n) is 3.45. The lowest BCUT2D eigenvalue weighted by molar-refractivity contribution is -0.131. The minimum Gasteiger partial charge on any atom is -0.372 e. The van der Waals surface area contributed by atoms with Crippen LogP contribution in [0.3, 0.4) is 0 Å². The zero-order chi connectivity index (χ0) is 18.7. The van der Waals surface area contributed by atoms with E-state index in [-0.39, 0.29) is 5.91 Å². The molecule has 0 unspecified atom stereocenters. The number of hydrogen-bond donors (Lipinski definition) is 2. The molecule has 0 fully saturated rings. The molecule has 0 spiro atoms. The summed E-state index contributed by atoms with van der Waals surface area (Å²) in [7, 11) is 1.57. The number of aromatic amines is 1. The van der Waals surface area contributed by atoms with Crippen molar-refractivity contribution in [1.29, 1.82) is 0 Å². The van der Waals surface area contributed by atoms with Crippen molar-refractivity contribution in [3.05, 3.63) is 59.2 Å². The Morgan fingerprint density at radius 3 is 2.58 bits per heavy atom. The van der Waals surface area contributed by atoms with E-state index in [1.54, 1.807) is 7.11 Å². The van der Waals surface area contributed by atoms with Gasteiger partial charge in [-0.2, -0.15) is 0 Å². The molecule has 0 aliphatic rings. The summed E-state index contributed by atoms with van der Waals surface area (Å²) in [6, 6.07) is 14.6. The first kappa shape index (κ1) is 18.2. The maximum atomic E-state index is 12.2. The first-order valence-electron chi connectivity index (χ1n) is 9.02. The molecule has 0 radical (unpaired) electrons. The maximum Gasteiger partial charge on any atom is 0.249 e. The molecule has 26 heavy (non-hydrogen) atoms. The summed E-state index contributed by atoms with van der Waals surface area (Å²) >= 11 is 0. The number of aromatic nitrogens is 1. The number of carbonyl (C=O) groups is 1. The quantitative estimate of drug-likeness (QED) is 0.688. The first-order chi connectivity index (χ1) is 12.5. The summed E-state index contributed by atoms with van der Waals surface area (Å²) in [6.07, 6.45) is 0.256. The van der Waals surface area contributed by atoms with E-state index < -0.39 is 6.10 Å². The molecule has 1 heterocycles. The van der Waals surface area contributed by atoms with Gasteiger partial charge in [0.15, 0.2) is 0 Å². The number of methoxy groups -OCH3 is 1. The Labute approximate surface area is 154 Å². The van der Waals surface area contributed by atoms with Crippen LogP contribution in [0, 0.1) is 13.8 Å². The molecule has 3 aromatic rings. The molecule has 1 amide bonds. The number of ether oxygens (including phenoxy) is 1. The van der Waals surface area contributed by atoms with Gasteiger partial charge in [-0.25, -0.2) is 0 Å². The van der Waals surface area contributed by atoms with Gasteiger partial charge >= 0.3 is 0 Å². The second-order valence-electron chi connectivity index (χ2n) is 6.69. The maximum absolute atomic E-state index is 12.2. The molecule has 136 valence electrons. The Balaban J connectivity index is 1.97. The Bertz CT molecular complexity index is 909. The summed E-state index contributed by atoms with van der Waals surface area (Å²) < 4.78 is 5.22. The van der Waals surface area contributed by atoms with Crippen LogP contribution in [0.15, 0.2) is 42.5 Å². The second-order valence-corrected chi connectivity index (χ2v) is 6.69. The molecule has 0 saturated heterocycles. The fraction of sp³-hybridized carbons (Fsp3) is 0.318. The monoisotopic (exact) mass is 350 g/mol. The largest absolute Gasteiger partial charge is 0.372 e. The summed E-state index contributed by atoms with van der Waals surface area (Å²) in [6.45, 7) is 6.65. The molecule has 2 N–H and O–H groups in total. The third-order valence-corrected chi connectivity index (χ3v) is 4.86. The molecule has 3 rings (SSSR count). The summed E-state index contributed by atoms with van der Waals surface area (Å²) in [4.78, 5) is 15.8. The lowest BCUT2D eigenvalue weighted by atomic mass is 10.0. The van der Waals surface area contributed by atoms with Crippen LogP contribution in [0.1, 0.15) is 30.0 Å². The van der Waals surface area contributed by atoms with Crippen molar-refractivity contribution >= 4 is 16.8 Å². The standard InChI is InChI=1S/C22H26N2O2/c1-5-19(26-4)22(25)23-13-17-11-14(2)12-18-15(3)20(24-21(17)18)16-9-7-6-8-10-16/h6-12,19,24H,5,13H2,1-4H3,(H,23,25)/t19-/m0/s1. The van der Waals surface area contributed by atoms with Crippen molar-refractivity contribution in [2.45, 2.75) is 39.8 Å². The zero-order valence-electron chi connectivity index (χ0n) is 15.8. The number of nitrogens with one attached hydrogen (secondary N) is 2. The number of amides is 1.